The van der Waals surface area contributed by atoms with E-state index >= 15 is 0 Å². The Labute approximate surface area is 164 Å². The van der Waals surface area contributed by atoms with Gasteiger partial charge in [0.2, 0.25) is 0 Å². The van der Waals surface area contributed by atoms with Crippen LogP contribution in [0.4, 0.5) is 0 Å². The number of hydrogen-bond donors (Lipinski definition) is 1. The second-order valence-corrected chi connectivity index (χ2v) is 6.44. The summed E-state index contributed by atoms with van der Waals surface area (Å²) in [6.07, 6.45) is 0.821. The molecule has 1 amide bonds. The molecule has 0 heterocycles. The van der Waals surface area contributed by atoms with E-state index in [9.17, 15) is 14.4 Å². The van der Waals surface area contributed by atoms with Crippen molar-refractivity contribution in [2.45, 2.75) is 26.4 Å². The molecule has 0 radical (unpaired) electrons. The summed E-state index contributed by atoms with van der Waals surface area (Å²) in [5, 5.41) is 2.66. The third-order valence-corrected chi connectivity index (χ3v) is 3.86. The number of ether oxygens (including phenoxy) is 2. The van der Waals surface area contributed by atoms with E-state index in [1.807, 2.05) is 19.9 Å². The molecule has 0 unspecified atom stereocenters. The lowest BCUT2D eigenvalue weighted by molar-refractivity contribution is -0.124. The van der Waals surface area contributed by atoms with E-state index in [1.165, 1.54) is 6.07 Å². The summed E-state index contributed by atoms with van der Waals surface area (Å²) in [5.74, 6) is -1.38. The summed E-state index contributed by atoms with van der Waals surface area (Å²) < 4.78 is 10.5. The van der Waals surface area contributed by atoms with Gasteiger partial charge >= 0.3 is 5.97 Å². The van der Waals surface area contributed by atoms with Crippen molar-refractivity contribution in [3.8, 4) is 0 Å². The topological polar surface area (TPSA) is 81.7 Å². The molecule has 0 aliphatic carbocycles. The standard InChI is InChI=1S/C22H25NO5/c1-16(2)27-14-8-13-23-20(24)15-28-22(26)19-12-7-6-11-18(19)21(25)17-9-4-3-5-10-17/h3-7,9-12,16H,8,13-15H2,1-2H3,(H,23,24). The number of esters is 1. The van der Waals surface area contributed by atoms with E-state index in [2.05, 4.69) is 5.32 Å². The molecule has 0 atom stereocenters. The van der Waals surface area contributed by atoms with Crippen LogP contribution in [0.1, 0.15) is 46.5 Å². The number of rotatable bonds is 10. The Morgan fingerprint density at radius 2 is 1.57 bits per heavy atom. The molecular formula is C22H25NO5. The molecule has 0 aromatic heterocycles. The van der Waals surface area contributed by atoms with Crippen LogP contribution in [0.5, 0.6) is 0 Å². The zero-order valence-electron chi connectivity index (χ0n) is 16.1. The molecule has 2 rings (SSSR count). The maximum atomic E-state index is 12.7. The lowest BCUT2D eigenvalue weighted by Crippen LogP contribution is -2.30. The monoisotopic (exact) mass is 383 g/mol. The minimum absolute atomic E-state index is 0.134. The van der Waals surface area contributed by atoms with Gasteiger partial charge in [-0.2, -0.15) is 0 Å². The molecule has 2 aromatic rings. The van der Waals surface area contributed by atoms with Gasteiger partial charge in [-0.1, -0.05) is 48.5 Å². The lowest BCUT2D eigenvalue weighted by Gasteiger charge is -2.10. The number of hydrogen-bond acceptors (Lipinski definition) is 5. The third kappa shape index (κ3) is 6.63. The SMILES string of the molecule is CC(C)OCCCNC(=O)COC(=O)c1ccccc1C(=O)c1ccccc1. The highest BCUT2D eigenvalue weighted by atomic mass is 16.5. The highest BCUT2D eigenvalue weighted by Crippen LogP contribution is 2.15. The number of carbonyl (C=O) groups is 3. The summed E-state index contributed by atoms with van der Waals surface area (Å²) in [6, 6.07) is 15.1. The average Bonchev–Trinajstić information content (AvgIpc) is 2.71. The summed E-state index contributed by atoms with van der Waals surface area (Å²) in [4.78, 5) is 36.9. The zero-order chi connectivity index (χ0) is 20.4. The van der Waals surface area contributed by atoms with Gasteiger partial charge in [0.15, 0.2) is 12.4 Å². The van der Waals surface area contributed by atoms with Crippen LogP contribution in [0.3, 0.4) is 0 Å². The number of nitrogens with one attached hydrogen (secondary N) is 1. The number of ketones is 1. The quantitative estimate of drug-likeness (QED) is 0.387. The molecule has 0 saturated heterocycles. The first-order valence-corrected chi connectivity index (χ1v) is 9.23. The molecule has 0 spiro atoms. The van der Waals surface area contributed by atoms with E-state index in [4.69, 9.17) is 9.47 Å². The summed E-state index contributed by atoms with van der Waals surface area (Å²) in [5.41, 5.74) is 0.850. The van der Waals surface area contributed by atoms with Crippen LogP contribution in [0.15, 0.2) is 54.6 Å². The Morgan fingerprint density at radius 3 is 2.25 bits per heavy atom. The smallest absolute Gasteiger partial charge is 0.339 e. The van der Waals surface area contributed by atoms with E-state index < -0.39 is 18.5 Å². The van der Waals surface area contributed by atoms with Crippen LogP contribution in [-0.2, 0) is 14.3 Å². The fourth-order valence-corrected chi connectivity index (χ4v) is 2.48. The lowest BCUT2D eigenvalue weighted by atomic mass is 9.98. The molecular weight excluding hydrogens is 358 g/mol. The molecule has 0 fully saturated rings. The van der Waals surface area contributed by atoms with Crippen molar-refractivity contribution >= 4 is 17.7 Å². The molecule has 0 bridgehead atoms. The van der Waals surface area contributed by atoms with Crippen molar-refractivity contribution in [1.29, 1.82) is 0 Å². The number of carbonyl (C=O) groups excluding carboxylic acids is 3. The van der Waals surface area contributed by atoms with Gasteiger partial charge in [-0.05, 0) is 26.3 Å². The summed E-state index contributed by atoms with van der Waals surface area (Å²) in [6.45, 7) is 4.47. The van der Waals surface area contributed by atoms with Gasteiger partial charge in [-0.3, -0.25) is 9.59 Å². The van der Waals surface area contributed by atoms with Gasteiger partial charge in [0, 0.05) is 24.3 Å². The van der Waals surface area contributed by atoms with Crippen LogP contribution < -0.4 is 5.32 Å². The maximum absolute atomic E-state index is 12.7. The van der Waals surface area contributed by atoms with Gasteiger partial charge in [0.1, 0.15) is 0 Å². The largest absolute Gasteiger partial charge is 0.452 e. The minimum Gasteiger partial charge on any atom is -0.452 e. The Balaban J connectivity index is 1.89. The Bertz CT molecular complexity index is 802. The van der Waals surface area contributed by atoms with Gasteiger partial charge in [-0.15, -0.1) is 0 Å². The second-order valence-electron chi connectivity index (χ2n) is 6.44. The molecule has 1 N–H and O–H groups in total. The van der Waals surface area contributed by atoms with Crippen LogP contribution >= 0.6 is 0 Å². The fraction of sp³-hybridized carbons (Fsp3) is 0.318. The highest BCUT2D eigenvalue weighted by molar-refractivity contribution is 6.14. The van der Waals surface area contributed by atoms with Crippen molar-refractivity contribution < 1.29 is 23.9 Å². The Hall–Kier alpha value is -2.99. The highest BCUT2D eigenvalue weighted by Gasteiger charge is 2.19. The minimum atomic E-state index is -0.710. The van der Waals surface area contributed by atoms with Crippen LogP contribution in [-0.4, -0.2) is 43.5 Å². The first-order chi connectivity index (χ1) is 13.5. The van der Waals surface area contributed by atoms with E-state index in [0.29, 0.717) is 25.1 Å². The molecule has 2 aromatic carbocycles. The van der Waals surface area contributed by atoms with Crippen molar-refractivity contribution in [3.05, 3.63) is 71.3 Å². The summed E-state index contributed by atoms with van der Waals surface area (Å²) >= 11 is 0. The van der Waals surface area contributed by atoms with E-state index in [0.717, 1.165) is 0 Å². The number of amides is 1. The fourth-order valence-electron chi connectivity index (χ4n) is 2.48. The van der Waals surface area contributed by atoms with Crippen molar-refractivity contribution in [1.82, 2.24) is 5.32 Å². The van der Waals surface area contributed by atoms with Gasteiger partial charge in [0.05, 0.1) is 11.7 Å². The normalized spacial score (nSPS) is 10.5. The van der Waals surface area contributed by atoms with Crippen molar-refractivity contribution in [2.24, 2.45) is 0 Å². The third-order valence-electron chi connectivity index (χ3n) is 3.86. The molecule has 6 heteroatoms. The van der Waals surface area contributed by atoms with Crippen molar-refractivity contribution in [2.75, 3.05) is 19.8 Å². The predicted molar refractivity (Wildman–Crippen MR) is 105 cm³/mol. The first kappa shape index (κ1) is 21.3. The average molecular weight is 383 g/mol. The number of benzene rings is 2. The Kier molecular flexibility index (Phi) is 8.37. The van der Waals surface area contributed by atoms with Gasteiger partial charge in [-0.25, -0.2) is 4.79 Å². The first-order valence-electron chi connectivity index (χ1n) is 9.23. The maximum Gasteiger partial charge on any atom is 0.339 e. The predicted octanol–water partition coefficient (Wildman–Crippen LogP) is 3.01. The van der Waals surface area contributed by atoms with Crippen LogP contribution in [0.2, 0.25) is 0 Å². The zero-order valence-corrected chi connectivity index (χ0v) is 16.1. The van der Waals surface area contributed by atoms with E-state index in [1.54, 1.807) is 42.5 Å². The summed E-state index contributed by atoms with van der Waals surface area (Å²) in [7, 11) is 0. The molecule has 0 aliphatic rings. The Morgan fingerprint density at radius 1 is 0.929 bits per heavy atom. The van der Waals surface area contributed by atoms with Gasteiger partial charge in [0.25, 0.3) is 5.91 Å². The molecule has 0 saturated carbocycles. The molecule has 6 nitrogen and oxygen atoms in total. The van der Waals surface area contributed by atoms with Crippen molar-refractivity contribution in [3.63, 3.8) is 0 Å². The van der Waals surface area contributed by atoms with Gasteiger partial charge < -0.3 is 14.8 Å². The second kappa shape index (κ2) is 11.0. The van der Waals surface area contributed by atoms with E-state index in [-0.39, 0.29) is 23.0 Å². The molecule has 0 aliphatic heterocycles. The van der Waals surface area contributed by atoms with Crippen LogP contribution in [0.25, 0.3) is 0 Å². The molecule has 28 heavy (non-hydrogen) atoms. The van der Waals surface area contributed by atoms with Crippen LogP contribution in [0, 0.1) is 0 Å². The molecule has 148 valence electrons.